The molecule has 3 N–H and O–H groups in total. The highest BCUT2D eigenvalue weighted by Gasteiger charge is 2.20. The number of hydrogen-bond acceptors (Lipinski definition) is 3. The number of piperidine rings is 1. The Hall–Kier alpha value is -1.55. The topological polar surface area (TPSA) is 58.4 Å². The van der Waals surface area contributed by atoms with Crippen LogP contribution in [0.3, 0.4) is 0 Å². The van der Waals surface area contributed by atoms with Crippen LogP contribution in [0.5, 0.6) is 0 Å². The van der Waals surface area contributed by atoms with Gasteiger partial charge in [0.05, 0.1) is 0 Å². The Bertz CT molecular complexity index is 447. The first-order valence-corrected chi connectivity index (χ1v) is 7.58. The summed E-state index contributed by atoms with van der Waals surface area (Å²) < 4.78 is 0. The largest absolute Gasteiger partial charge is 0.399 e. The Morgan fingerprint density at radius 1 is 1.45 bits per heavy atom. The molecule has 1 unspecified atom stereocenters. The van der Waals surface area contributed by atoms with E-state index in [-0.39, 0.29) is 5.91 Å². The Balaban J connectivity index is 1.79. The molecule has 1 aromatic carbocycles. The van der Waals surface area contributed by atoms with Gasteiger partial charge in [-0.1, -0.05) is 19.4 Å². The summed E-state index contributed by atoms with van der Waals surface area (Å²) >= 11 is 0. The third-order valence-electron chi connectivity index (χ3n) is 4.05. The van der Waals surface area contributed by atoms with Crippen molar-refractivity contribution in [2.24, 2.45) is 0 Å². The number of likely N-dealkylation sites (tertiary alicyclic amines) is 1. The molecular formula is C16H25N3O. The van der Waals surface area contributed by atoms with Crippen LogP contribution >= 0.6 is 0 Å². The minimum Gasteiger partial charge on any atom is -0.399 e. The number of amides is 1. The van der Waals surface area contributed by atoms with E-state index in [2.05, 4.69) is 17.1 Å². The van der Waals surface area contributed by atoms with Crippen LogP contribution in [0.1, 0.15) is 43.0 Å². The van der Waals surface area contributed by atoms with Crippen LogP contribution in [0, 0.1) is 0 Å². The van der Waals surface area contributed by atoms with Gasteiger partial charge in [0.2, 0.25) is 0 Å². The predicted octanol–water partition coefficient (Wildman–Crippen LogP) is 2.26. The molecular weight excluding hydrogens is 250 g/mol. The van der Waals surface area contributed by atoms with Gasteiger partial charge >= 0.3 is 0 Å². The van der Waals surface area contributed by atoms with Crippen LogP contribution in [0.15, 0.2) is 24.3 Å². The second kappa shape index (κ2) is 7.29. The van der Waals surface area contributed by atoms with Gasteiger partial charge in [0, 0.05) is 30.4 Å². The van der Waals surface area contributed by atoms with Crippen molar-refractivity contribution >= 4 is 11.6 Å². The molecule has 0 aromatic heterocycles. The molecule has 1 amide bonds. The Kier molecular flexibility index (Phi) is 5.41. The lowest BCUT2D eigenvalue weighted by atomic mass is 10.0. The maximum absolute atomic E-state index is 12.0. The van der Waals surface area contributed by atoms with E-state index >= 15 is 0 Å². The Morgan fingerprint density at radius 3 is 3.05 bits per heavy atom. The highest BCUT2D eigenvalue weighted by Crippen LogP contribution is 2.18. The average molecular weight is 275 g/mol. The summed E-state index contributed by atoms with van der Waals surface area (Å²) in [6, 6.07) is 7.79. The maximum atomic E-state index is 12.0. The van der Waals surface area contributed by atoms with Crippen molar-refractivity contribution < 1.29 is 4.79 Å². The van der Waals surface area contributed by atoms with Crippen molar-refractivity contribution in [2.75, 3.05) is 25.4 Å². The second-order valence-corrected chi connectivity index (χ2v) is 5.48. The van der Waals surface area contributed by atoms with E-state index in [1.54, 1.807) is 18.2 Å². The van der Waals surface area contributed by atoms with E-state index in [0.717, 1.165) is 13.1 Å². The number of hydrogen-bond donors (Lipinski definition) is 2. The fraction of sp³-hybridized carbons (Fsp3) is 0.562. The third-order valence-corrected chi connectivity index (χ3v) is 4.05. The summed E-state index contributed by atoms with van der Waals surface area (Å²) in [6.07, 6.45) is 5.10. The first-order chi connectivity index (χ1) is 9.70. The van der Waals surface area contributed by atoms with E-state index in [0.29, 0.717) is 23.8 Å². The van der Waals surface area contributed by atoms with Crippen LogP contribution in [0.4, 0.5) is 5.69 Å². The first-order valence-electron chi connectivity index (χ1n) is 7.58. The summed E-state index contributed by atoms with van der Waals surface area (Å²) in [5, 5.41) is 2.98. The molecule has 2 rings (SSSR count). The fourth-order valence-corrected chi connectivity index (χ4v) is 2.91. The molecule has 4 nitrogen and oxygen atoms in total. The van der Waals surface area contributed by atoms with Crippen LogP contribution < -0.4 is 11.1 Å². The number of nitrogens with two attached hydrogens (primary N) is 1. The van der Waals surface area contributed by atoms with Crippen LogP contribution in [0.25, 0.3) is 0 Å². The highest BCUT2D eigenvalue weighted by atomic mass is 16.1. The quantitative estimate of drug-likeness (QED) is 0.810. The number of nitrogen functional groups attached to an aromatic ring is 1. The standard InChI is InChI=1S/C16H25N3O/c1-2-15-8-3-4-10-19(15)11-9-18-16(20)13-6-5-7-14(17)12-13/h5-7,12,15H,2-4,8-11,17H2,1H3,(H,18,20). The number of carbonyl (C=O) groups excluding carboxylic acids is 1. The molecule has 1 aliphatic rings. The SMILES string of the molecule is CCC1CCCCN1CCNC(=O)c1cccc(N)c1. The lowest BCUT2D eigenvalue weighted by Gasteiger charge is -2.35. The lowest BCUT2D eigenvalue weighted by molar-refractivity contribution is 0.0934. The van der Waals surface area contributed by atoms with Crippen molar-refractivity contribution in [2.45, 2.75) is 38.6 Å². The number of anilines is 1. The number of nitrogens with one attached hydrogen (secondary N) is 1. The van der Waals surface area contributed by atoms with Crippen molar-refractivity contribution in [1.29, 1.82) is 0 Å². The smallest absolute Gasteiger partial charge is 0.251 e. The number of benzene rings is 1. The molecule has 0 spiro atoms. The minimum absolute atomic E-state index is 0.0395. The van der Waals surface area contributed by atoms with E-state index in [9.17, 15) is 4.79 Å². The van der Waals surface area contributed by atoms with Crippen LogP contribution in [-0.2, 0) is 0 Å². The molecule has 1 atom stereocenters. The third kappa shape index (κ3) is 3.97. The van der Waals surface area contributed by atoms with E-state index < -0.39 is 0 Å². The zero-order valence-electron chi connectivity index (χ0n) is 12.3. The van der Waals surface area contributed by atoms with Crippen molar-refractivity contribution in [3.8, 4) is 0 Å². The van der Waals surface area contributed by atoms with Gasteiger partial charge in [-0.05, 0) is 44.0 Å². The summed E-state index contributed by atoms with van der Waals surface area (Å²) in [7, 11) is 0. The molecule has 20 heavy (non-hydrogen) atoms. The molecule has 1 aromatic rings. The van der Waals surface area contributed by atoms with Crippen molar-refractivity contribution in [1.82, 2.24) is 10.2 Å². The number of carbonyl (C=O) groups is 1. The van der Waals surface area contributed by atoms with E-state index in [4.69, 9.17) is 5.73 Å². The van der Waals surface area contributed by atoms with Crippen molar-refractivity contribution in [3.05, 3.63) is 29.8 Å². The summed E-state index contributed by atoms with van der Waals surface area (Å²) in [5.41, 5.74) is 6.95. The van der Waals surface area contributed by atoms with Gasteiger partial charge in [-0.25, -0.2) is 0 Å². The van der Waals surface area contributed by atoms with Crippen molar-refractivity contribution in [3.63, 3.8) is 0 Å². The van der Waals surface area contributed by atoms with Gasteiger partial charge in [0.15, 0.2) is 0 Å². The molecule has 0 radical (unpaired) electrons. The molecule has 1 aliphatic heterocycles. The zero-order valence-corrected chi connectivity index (χ0v) is 12.3. The van der Waals surface area contributed by atoms with Gasteiger partial charge in [-0.2, -0.15) is 0 Å². The molecule has 1 fully saturated rings. The molecule has 1 heterocycles. The van der Waals surface area contributed by atoms with Crippen LogP contribution in [0.2, 0.25) is 0 Å². The van der Waals surface area contributed by atoms with Crippen LogP contribution in [-0.4, -0.2) is 36.5 Å². The van der Waals surface area contributed by atoms with E-state index in [1.807, 2.05) is 6.07 Å². The zero-order chi connectivity index (χ0) is 14.4. The summed E-state index contributed by atoms with van der Waals surface area (Å²) in [6.45, 7) is 5.04. The normalized spacial score (nSPS) is 19.8. The molecule has 4 heteroatoms. The number of nitrogens with zero attached hydrogens (tertiary/aromatic N) is 1. The van der Waals surface area contributed by atoms with Gasteiger partial charge in [0.1, 0.15) is 0 Å². The van der Waals surface area contributed by atoms with Gasteiger partial charge in [-0.15, -0.1) is 0 Å². The highest BCUT2D eigenvalue weighted by molar-refractivity contribution is 5.94. The van der Waals surface area contributed by atoms with Gasteiger partial charge in [0.25, 0.3) is 5.91 Å². The average Bonchev–Trinajstić information content (AvgIpc) is 2.47. The lowest BCUT2D eigenvalue weighted by Crippen LogP contribution is -2.43. The molecule has 0 aliphatic carbocycles. The van der Waals surface area contributed by atoms with Gasteiger partial charge < -0.3 is 11.1 Å². The number of rotatable bonds is 5. The Labute approximate surface area is 121 Å². The molecule has 1 saturated heterocycles. The fourth-order valence-electron chi connectivity index (χ4n) is 2.91. The maximum Gasteiger partial charge on any atom is 0.251 e. The minimum atomic E-state index is -0.0395. The monoisotopic (exact) mass is 275 g/mol. The van der Waals surface area contributed by atoms with Gasteiger partial charge in [-0.3, -0.25) is 9.69 Å². The summed E-state index contributed by atoms with van der Waals surface area (Å²) in [5.74, 6) is -0.0395. The molecule has 0 bridgehead atoms. The molecule has 110 valence electrons. The second-order valence-electron chi connectivity index (χ2n) is 5.48. The summed E-state index contributed by atoms with van der Waals surface area (Å²) in [4.78, 5) is 14.5. The van der Waals surface area contributed by atoms with E-state index in [1.165, 1.54) is 25.7 Å². The Morgan fingerprint density at radius 2 is 2.30 bits per heavy atom. The predicted molar refractivity (Wildman–Crippen MR) is 82.7 cm³/mol. The molecule has 0 saturated carbocycles. The first kappa shape index (κ1) is 14.9.